The molecule has 4 heteroatoms. The molecule has 2 rings (SSSR count). The maximum absolute atomic E-state index is 9.40. The molecule has 1 aromatic carbocycles. The Bertz CT molecular complexity index is 528. The van der Waals surface area contributed by atoms with Crippen LogP contribution in [0.5, 0.6) is 5.88 Å². The fourth-order valence-electron chi connectivity index (χ4n) is 2.00. The van der Waals surface area contributed by atoms with E-state index in [1.54, 1.807) is 7.11 Å². The van der Waals surface area contributed by atoms with E-state index in [1.807, 2.05) is 12.1 Å². The SMILES string of the molecule is COc1ncnc(CO)c1-c1ccc(C(C)C)cc1. The first-order valence-electron chi connectivity index (χ1n) is 6.26. The number of ether oxygens (including phenoxy) is 1. The third-order valence-electron chi connectivity index (χ3n) is 3.10. The van der Waals surface area contributed by atoms with Gasteiger partial charge in [-0.3, -0.25) is 0 Å². The number of methoxy groups -OCH3 is 1. The van der Waals surface area contributed by atoms with Crippen LogP contribution >= 0.6 is 0 Å². The smallest absolute Gasteiger partial charge is 0.224 e. The Morgan fingerprint density at radius 3 is 2.37 bits per heavy atom. The number of hydrogen-bond acceptors (Lipinski definition) is 4. The number of rotatable bonds is 4. The summed E-state index contributed by atoms with van der Waals surface area (Å²) in [5, 5.41) is 9.40. The number of hydrogen-bond donors (Lipinski definition) is 1. The molecule has 2 aromatic rings. The first kappa shape index (κ1) is 13.5. The minimum Gasteiger partial charge on any atom is -0.480 e. The highest BCUT2D eigenvalue weighted by molar-refractivity contribution is 5.71. The first-order chi connectivity index (χ1) is 9.17. The van der Waals surface area contributed by atoms with Crippen molar-refractivity contribution in [1.82, 2.24) is 9.97 Å². The van der Waals surface area contributed by atoms with Gasteiger partial charge in [0.25, 0.3) is 0 Å². The summed E-state index contributed by atoms with van der Waals surface area (Å²) in [7, 11) is 1.56. The molecule has 4 nitrogen and oxygen atoms in total. The van der Waals surface area contributed by atoms with Gasteiger partial charge in [0.2, 0.25) is 5.88 Å². The lowest BCUT2D eigenvalue weighted by atomic mass is 9.98. The summed E-state index contributed by atoms with van der Waals surface area (Å²) >= 11 is 0. The summed E-state index contributed by atoms with van der Waals surface area (Å²) in [6, 6.07) is 8.17. The maximum atomic E-state index is 9.40. The van der Waals surface area contributed by atoms with Crippen LogP contribution in [-0.2, 0) is 6.61 Å². The molecule has 0 aliphatic carbocycles. The zero-order chi connectivity index (χ0) is 13.8. The van der Waals surface area contributed by atoms with E-state index in [0.29, 0.717) is 17.5 Å². The predicted octanol–water partition coefficient (Wildman–Crippen LogP) is 2.77. The van der Waals surface area contributed by atoms with Crippen molar-refractivity contribution in [2.75, 3.05) is 7.11 Å². The molecule has 0 bridgehead atoms. The highest BCUT2D eigenvalue weighted by Crippen LogP contribution is 2.31. The zero-order valence-corrected chi connectivity index (χ0v) is 11.4. The molecule has 0 aliphatic heterocycles. The van der Waals surface area contributed by atoms with E-state index in [4.69, 9.17) is 4.74 Å². The fraction of sp³-hybridized carbons (Fsp3) is 0.333. The lowest BCUT2D eigenvalue weighted by molar-refractivity contribution is 0.276. The van der Waals surface area contributed by atoms with E-state index in [1.165, 1.54) is 11.9 Å². The summed E-state index contributed by atoms with van der Waals surface area (Å²) in [6.07, 6.45) is 1.40. The molecule has 1 N–H and O–H groups in total. The van der Waals surface area contributed by atoms with Gasteiger partial charge in [-0.25, -0.2) is 9.97 Å². The number of aliphatic hydroxyl groups is 1. The van der Waals surface area contributed by atoms with Gasteiger partial charge in [0.15, 0.2) is 0 Å². The Morgan fingerprint density at radius 2 is 1.84 bits per heavy atom. The molecule has 0 saturated heterocycles. The second-order valence-electron chi connectivity index (χ2n) is 4.64. The molecule has 0 saturated carbocycles. The second-order valence-corrected chi connectivity index (χ2v) is 4.64. The molecule has 0 fully saturated rings. The van der Waals surface area contributed by atoms with Gasteiger partial charge < -0.3 is 9.84 Å². The van der Waals surface area contributed by atoms with Crippen LogP contribution in [-0.4, -0.2) is 22.2 Å². The van der Waals surface area contributed by atoms with Crippen LogP contribution in [0.3, 0.4) is 0 Å². The van der Waals surface area contributed by atoms with Crippen LogP contribution < -0.4 is 4.74 Å². The average molecular weight is 258 g/mol. The molecule has 0 atom stereocenters. The van der Waals surface area contributed by atoms with Gasteiger partial charge in [-0.2, -0.15) is 0 Å². The predicted molar refractivity (Wildman–Crippen MR) is 74.0 cm³/mol. The topological polar surface area (TPSA) is 55.2 Å². The van der Waals surface area contributed by atoms with Crippen LogP contribution in [0.1, 0.15) is 31.0 Å². The van der Waals surface area contributed by atoms with Crippen LogP contribution in [0.4, 0.5) is 0 Å². The van der Waals surface area contributed by atoms with Gasteiger partial charge in [-0.1, -0.05) is 38.1 Å². The van der Waals surface area contributed by atoms with Crippen molar-refractivity contribution >= 4 is 0 Å². The minimum atomic E-state index is -0.139. The third kappa shape index (κ3) is 2.74. The molecule has 1 aromatic heterocycles. The molecule has 0 radical (unpaired) electrons. The average Bonchev–Trinajstić information content (AvgIpc) is 2.46. The molecular weight excluding hydrogens is 240 g/mol. The number of aromatic nitrogens is 2. The molecule has 19 heavy (non-hydrogen) atoms. The second kappa shape index (κ2) is 5.80. The summed E-state index contributed by atoms with van der Waals surface area (Å²) in [5.74, 6) is 0.969. The van der Waals surface area contributed by atoms with E-state index < -0.39 is 0 Å². The van der Waals surface area contributed by atoms with Crippen LogP contribution in [0, 0.1) is 0 Å². The van der Waals surface area contributed by atoms with Gasteiger partial charge in [0.05, 0.1) is 25.0 Å². The van der Waals surface area contributed by atoms with Gasteiger partial charge in [-0.15, -0.1) is 0 Å². The lowest BCUT2D eigenvalue weighted by Crippen LogP contribution is -2.00. The Balaban J connectivity index is 2.51. The van der Waals surface area contributed by atoms with Crippen molar-refractivity contribution in [3.8, 4) is 17.0 Å². The monoisotopic (exact) mass is 258 g/mol. The molecule has 0 spiro atoms. The Hall–Kier alpha value is -1.94. The third-order valence-corrected chi connectivity index (χ3v) is 3.10. The van der Waals surface area contributed by atoms with E-state index in [9.17, 15) is 5.11 Å². The van der Waals surface area contributed by atoms with E-state index >= 15 is 0 Å². The summed E-state index contributed by atoms with van der Waals surface area (Å²) < 4.78 is 5.26. The van der Waals surface area contributed by atoms with Crippen molar-refractivity contribution in [2.45, 2.75) is 26.4 Å². The standard InChI is InChI=1S/C15H18N2O2/c1-10(2)11-4-6-12(7-5-11)14-13(8-18)16-9-17-15(14)19-3/h4-7,9-10,18H,8H2,1-3H3. The molecule has 100 valence electrons. The molecule has 0 amide bonds. The number of aliphatic hydroxyl groups excluding tert-OH is 1. The molecular formula is C15H18N2O2. The Kier molecular flexibility index (Phi) is 4.12. The Morgan fingerprint density at radius 1 is 1.16 bits per heavy atom. The lowest BCUT2D eigenvalue weighted by Gasteiger charge is -2.12. The van der Waals surface area contributed by atoms with Crippen LogP contribution in [0.15, 0.2) is 30.6 Å². The van der Waals surface area contributed by atoms with Gasteiger partial charge in [-0.05, 0) is 17.0 Å². The summed E-state index contributed by atoms with van der Waals surface area (Å²) in [5.41, 5.74) is 3.54. The summed E-state index contributed by atoms with van der Waals surface area (Å²) in [6.45, 7) is 4.17. The van der Waals surface area contributed by atoms with E-state index in [0.717, 1.165) is 11.1 Å². The van der Waals surface area contributed by atoms with Crippen LogP contribution in [0.25, 0.3) is 11.1 Å². The molecule has 1 heterocycles. The normalized spacial score (nSPS) is 10.8. The first-order valence-corrected chi connectivity index (χ1v) is 6.26. The molecule has 0 unspecified atom stereocenters. The highest BCUT2D eigenvalue weighted by Gasteiger charge is 2.13. The Labute approximate surface area is 113 Å². The van der Waals surface area contributed by atoms with Crippen molar-refractivity contribution in [3.05, 3.63) is 41.9 Å². The maximum Gasteiger partial charge on any atom is 0.224 e. The fourth-order valence-corrected chi connectivity index (χ4v) is 2.00. The number of benzene rings is 1. The quantitative estimate of drug-likeness (QED) is 0.916. The van der Waals surface area contributed by atoms with Crippen molar-refractivity contribution in [3.63, 3.8) is 0 Å². The van der Waals surface area contributed by atoms with Crippen molar-refractivity contribution < 1.29 is 9.84 Å². The van der Waals surface area contributed by atoms with E-state index in [2.05, 4.69) is 35.9 Å². The minimum absolute atomic E-state index is 0.139. The van der Waals surface area contributed by atoms with Gasteiger partial charge >= 0.3 is 0 Å². The van der Waals surface area contributed by atoms with Crippen LogP contribution in [0.2, 0.25) is 0 Å². The van der Waals surface area contributed by atoms with Crippen molar-refractivity contribution in [1.29, 1.82) is 0 Å². The van der Waals surface area contributed by atoms with Crippen molar-refractivity contribution in [2.24, 2.45) is 0 Å². The molecule has 0 aliphatic rings. The summed E-state index contributed by atoms with van der Waals surface area (Å²) in [4.78, 5) is 8.19. The van der Waals surface area contributed by atoms with Gasteiger partial charge in [0.1, 0.15) is 6.33 Å². The van der Waals surface area contributed by atoms with Gasteiger partial charge in [0, 0.05) is 0 Å². The number of nitrogens with zero attached hydrogens (tertiary/aromatic N) is 2. The van der Waals surface area contributed by atoms with E-state index in [-0.39, 0.29) is 6.61 Å². The zero-order valence-electron chi connectivity index (χ0n) is 11.4. The largest absolute Gasteiger partial charge is 0.480 e. The highest BCUT2D eigenvalue weighted by atomic mass is 16.5.